The Bertz CT molecular complexity index is 841. The highest BCUT2D eigenvalue weighted by Gasteiger charge is 2.40. The Hall–Kier alpha value is -2.33. The van der Waals surface area contributed by atoms with Crippen molar-refractivity contribution in [2.45, 2.75) is 44.9 Å². The van der Waals surface area contributed by atoms with E-state index in [1.165, 1.54) is 12.1 Å². The highest BCUT2D eigenvalue weighted by molar-refractivity contribution is 5.81. The van der Waals surface area contributed by atoms with Gasteiger partial charge in [-0.3, -0.25) is 4.79 Å². The van der Waals surface area contributed by atoms with Crippen LogP contribution in [0.15, 0.2) is 18.2 Å². The summed E-state index contributed by atoms with van der Waals surface area (Å²) in [5.41, 5.74) is 1.41. The van der Waals surface area contributed by atoms with Gasteiger partial charge >= 0.3 is 12.4 Å². The molecule has 1 aromatic rings. The number of rotatable bonds is 4. The van der Waals surface area contributed by atoms with Crippen molar-refractivity contribution in [3.05, 3.63) is 29.3 Å². The molecule has 170 valence electrons. The number of Topliss-reactive ketones (excluding diaryl/α,β-unsaturated/α-hetero) is 1. The molecule has 0 spiro atoms. The lowest BCUT2D eigenvalue weighted by atomic mass is 9.88. The molecule has 2 amide bonds. The number of piperidine rings is 1. The summed E-state index contributed by atoms with van der Waals surface area (Å²) in [7, 11) is 0. The molecule has 0 aromatic heterocycles. The van der Waals surface area contributed by atoms with E-state index in [-0.39, 0.29) is 48.9 Å². The molecule has 2 atom stereocenters. The molecule has 1 aromatic carbocycles. The van der Waals surface area contributed by atoms with E-state index >= 15 is 0 Å². The Labute approximate surface area is 178 Å². The minimum absolute atomic E-state index is 0.0545. The Morgan fingerprint density at radius 2 is 2.00 bits per heavy atom. The summed E-state index contributed by atoms with van der Waals surface area (Å²) in [6, 6.07) is 4.09. The molecule has 0 aliphatic carbocycles. The van der Waals surface area contributed by atoms with Gasteiger partial charge in [-0.15, -0.1) is 13.2 Å². The first-order valence-corrected chi connectivity index (χ1v) is 10.3. The van der Waals surface area contributed by atoms with Gasteiger partial charge in [-0.2, -0.15) is 0 Å². The van der Waals surface area contributed by atoms with Crippen LogP contribution in [0.2, 0.25) is 0 Å². The molecule has 0 unspecified atom stereocenters. The molecular weight excluding hydrogens is 417 g/mol. The van der Waals surface area contributed by atoms with E-state index in [0.29, 0.717) is 38.2 Å². The Morgan fingerprint density at radius 3 is 2.71 bits per heavy atom. The fraction of sp³-hybridized carbons (Fsp3) is 0.619. The van der Waals surface area contributed by atoms with Crippen LogP contribution in [-0.2, 0) is 20.9 Å². The number of halogens is 3. The minimum Gasteiger partial charge on any atom is -0.406 e. The number of fused-ring (bicyclic) bond motifs is 1. The van der Waals surface area contributed by atoms with Crippen molar-refractivity contribution in [3.63, 3.8) is 0 Å². The third-order valence-corrected chi connectivity index (χ3v) is 6.02. The maximum atomic E-state index is 12.7. The Morgan fingerprint density at radius 1 is 1.23 bits per heavy atom. The van der Waals surface area contributed by atoms with Gasteiger partial charge in [0.05, 0.1) is 31.9 Å². The van der Waals surface area contributed by atoms with Crippen LogP contribution in [-0.4, -0.2) is 73.0 Å². The van der Waals surface area contributed by atoms with Crippen LogP contribution in [0, 0.1) is 12.8 Å². The van der Waals surface area contributed by atoms with Crippen LogP contribution < -0.4 is 4.74 Å². The molecule has 3 fully saturated rings. The zero-order chi connectivity index (χ0) is 22.2. The van der Waals surface area contributed by atoms with Crippen molar-refractivity contribution in [1.29, 1.82) is 0 Å². The summed E-state index contributed by atoms with van der Waals surface area (Å²) in [6.07, 6.45) is -3.57. The first-order chi connectivity index (χ1) is 14.7. The number of urea groups is 1. The summed E-state index contributed by atoms with van der Waals surface area (Å²) in [5.74, 6) is -0.108. The van der Waals surface area contributed by atoms with Gasteiger partial charge in [0.1, 0.15) is 12.4 Å². The number of likely N-dealkylation sites (tertiary alicyclic amines) is 2. The van der Waals surface area contributed by atoms with Gasteiger partial charge < -0.3 is 24.0 Å². The molecular formula is C21H25F3N2O5. The molecule has 3 heterocycles. The summed E-state index contributed by atoms with van der Waals surface area (Å²) >= 11 is 0. The number of nitrogens with zero attached hydrogens (tertiary/aromatic N) is 2. The number of carbonyl (C=O) groups is 2. The molecule has 3 saturated heterocycles. The standard InChI is InChI=1S/C21H25F3N2O5/c1-13-6-17(31-21(22,23)24)3-2-14(13)11-29-18-9-26(10-18)20(28)25-5-4-19-15(8-25)7-16(27)12-30-19/h2-3,6,15,18-19H,4-5,7-12H2,1H3/t15-,19+/m1/s1. The van der Waals surface area contributed by atoms with Gasteiger partial charge in [-0.25, -0.2) is 4.79 Å². The fourth-order valence-electron chi connectivity index (χ4n) is 4.29. The van der Waals surface area contributed by atoms with Crippen LogP contribution in [0.1, 0.15) is 24.0 Å². The van der Waals surface area contributed by atoms with Crippen molar-refractivity contribution in [2.75, 3.05) is 32.8 Å². The molecule has 0 bridgehead atoms. The number of benzene rings is 1. The monoisotopic (exact) mass is 442 g/mol. The first-order valence-electron chi connectivity index (χ1n) is 10.3. The average Bonchev–Trinajstić information content (AvgIpc) is 2.66. The fourth-order valence-corrected chi connectivity index (χ4v) is 4.29. The van der Waals surface area contributed by atoms with Crippen molar-refractivity contribution >= 4 is 11.8 Å². The molecule has 0 radical (unpaired) electrons. The predicted octanol–water partition coefficient (Wildman–Crippen LogP) is 2.89. The van der Waals surface area contributed by atoms with Crippen molar-refractivity contribution in [1.82, 2.24) is 9.80 Å². The highest BCUT2D eigenvalue weighted by atomic mass is 19.4. The van der Waals surface area contributed by atoms with Gasteiger partial charge in [-0.05, 0) is 36.6 Å². The second kappa shape index (κ2) is 8.66. The lowest BCUT2D eigenvalue weighted by molar-refractivity contribution is -0.274. The maximum Gasteiger partial charge on any atom is 0.573 e. The second-order valence-electron chi connectivity index (χ2n) is 8.34. The van der Waals surface area contributed by atoms with Crippen molar-refractivity contribution in [2.24, 2.45) is 5.92 Å². The number of hydrogen-bond donors (Lipinski definition) is 0. The van der Waals surface area contributed by atoms with Gasteiger partial charge in [-0.1, -0.05) is 6.07 Å². The van der Waals surface area contributed by atoms with Gasteiger partial charge in [0.15, 0.2) is 5.78 Å². The second-order valence-corrected chi connectivity index (χ2v) is 8.34. The van der Waals surface area contributed by atoms with E-state index in [4.69, 9.17) is 9.47 Å². The predicted molar refractivity (Wildman–Crippen MR) is 102 cm³/mol. The summed E-state index contributed by atoms with van der Waals surface area (Å²) in [6.45, 7) is 4.20. The van der Waals surface area contributed by atoms with E-state index < -0.39 is 6.36 Å². The molecule has 31 heavy (non-hydrogen) atoms. The SMILES string of the molecule is Cc1cc(OC(F)(F)F)ccc1COC1CN(C(=O)N2CC[C@@H]3OCC(=O)C[C@@H]3C2)C1. The number of ether oxygens (including phenoxy) is 3. The highest BCUT2D eigenvalue weighted by Crippen LogP contribution is 2.29. The zero-order valence-corrected chi connectivity index (χ0v) is 17.2. The van der Waals surface area contributed by atoms with E-state index in [2.05, 4.69) is 4.74 Å². The van der Waals surface area contributed by atoms with E-state index in [9.17, 15) is 22.8 Å². The molecule has 10 heteroatoms. The maximum absolute atomic E-state index is 12.7. The van der Waals surface area contributed by atoms with Gasteiger partial charge in [0.2, 0.25) is 0 Å². The number of ketones is 1. The minimum atomic E-state index is -4.72. The quantitative estimate of drug-likeness (QED) is 0.718. The van der Waals surface area contributed by atoms with E-state index in [0.717, 1.165) is 12.0 Å². The lowest BCUT2D eigenvalue weighted by Gasteiger charge is -2.45. The van der Waals surface area contributed by atoms with Crippen LogP contribution in [0.4, 0.5) is 18.0 Å². The van der Waals surface area contributed by atoms with Gasteiger partial charge in [0.25, 0.3) is 0 Å². The van der Waals surface area contributed by atoms with Crippen molar-refractivity contribution in [3.8, 4) is 5.75 Å². The number of amides is 2. The molecule has 3 aliphatic heterocycles. The molecule has 0 saturated carbocycles. The van der Waals surface area contributed by atoms with Gasteiger partial charge in [0, 0.05) is 25.4 Å². The largest absolute Gasteiger partial charge is 0.573 e. The number of hydrogen-bond acceptors (Lipinski definition) is 5. The number of aryl methyl sites for hydroxylation is 1. The zero-order valence-electron chi connectivity index (χ0n) is 17.2. The normalized spacial score (nSPS) is 24.6. The Kier molecular flexibility index (Phi) is 6.11. The Balaban J connectivity index is 1.22. The van der Waals surface area contributed by atoms with Crippen LogP contribution in [0.5, 0.6) is 5.75 Å². The van der Waals surface area contributed by atoms with Crippen LogP contribution >= 0.6 is 0 Å². The molecule has 0 N–H and O–H groups in total. The van der Waals surface area contributed by atoms with E-state index in [1.807, 2.05) is 0 Å². The lowest BCUT2D eigenvalue weighted by Crippen LogP contribution is -2.61. The first kappa shape index (κ1) is 21.9. The molecule has 4 rings (SSSR count). The summed E-state index contributed by atoms with van der Waals surface area (Å²) in [4.78, 5) is 27.8. The number of alkyl halides is 3. The van der Waals surface area contributed by atoms with Crippen LogP contribution in [0.3, 0.4) is 0 Å². The van der Waals surface area contributed by atoms with Crippen LogP contribution in [0.25, 0.3) is 0 Å². The number of carbonyl (C=O) groups excluding carboxylic acids is 2. The summed E-state index contributed by atoms with van der Waals surface area (Å²) < 4.78 is 52.2. The topological polar surface area (TPSA) is 68.3 Å². The molecule has 3 aliphatic rings. The van der Waals surface area contributed by atoms with Crippen molar-refractivity contribution < 1.29 is 37.0 Å². The molecule has 7 nitrogen and oxygen atoms in total. The average molecular weight is 442 g/mol. The third kappa shape index (κ3) is 5.30. The smallest absolute Gasteiger partial charge is 0.406 e. The van der Waals surface area contributed by atoms with E-state index in [1.54, 1.807) is 22.8 Å². The summed E-state index contributed by atoms with van der Waals surface area (Å²) in [5, 5.41) is 0. The third-order valence-electron chi connectivity index (χ3n) is 6.02.